The van der Waals surface area contributed by atoms with Crippen LogP contribution in [0.1, 0.15) is 93.9 Å². The minimum absolute atomic E-state index is 0.156. The number of carbonyl (C=O) groups is 4. The van der Waals surface area contributed by atoms with Crippen LogP contribution in [0.15, 0.2) is 0 Å². The third-order valence-electron chi connectivity index (χ3n) is 5.01. The molecule has 210 valence electrons. The Morgan fingerprint density at radius 3 is 1.17 bits per heavy atom. The standard InChI is InChI=1S/C26H50N4O6/c1-17(2)13-21(25(33)27-15-19(5)6)35-29-23(31)11-9-10-12-24(32)30-36-22(14-18(3)4)26(34)28-16-20(7)8/h17-22H,9-16H2,1-8H3,(H,27,33)(H,28,34)(H,29,31)(H,30,32)/t21-,22-/m1/s1. The lowest BCUT2D eigenvalue weighted by Crippen LogP contribution is -2.43. The van der Waals surface area contributed by atoms with Crippen molar-refractivity contribution in [2.75, 3.05) is 13.1 Å². The molecule has 0 saturated carbocycles. The highest BCUT2D eigenvalue weighted by molar-refractivity contribution is 5.82. The molecule has 0 fully saturated rings. The molecule has 0 spiro atoms. The van der Waals surface area contributed by atoms with Gasteiger partial charge in [0.2, 0.25) is 11.8 Å². The zero-order valence-electron chi connectivity index (χ0n) is 23.6. The van der Waals surface area contributed by atoms with Gasteiger partial charge in [-0.05, 0) is 49.4 Å². The molecule has 0 aliphatic carbocycles. The Labute approximate surface area is 217 Å². The number of nitrogens with one attached hydrogen (secondary N) is 4. The van der Waals surface area contributed by atoms with Gasteiger partial charge in [0.1, 0.15) is 0 Å². The molecule has 10 nitrogen and oxygen atoms in total. The first-order valence-corrected chi connectivity index (χ1v) is 13.3. The second-order valence-corrected chi connectivity index (χ2v) is 11.0. The predicted octanol–water partition coefficient (Wildman–Crippen LogP) is 3.02. The molecule has 2 atom stereocenters. The van der Waals surface area contributed by atoms with Crippen LogP contribution < -0.4 is 21.6 Å². The summed E-state index contributed by atoms with van der Waals surface area (Å²) in [6, 6.07) is 0. The summed E-state index contributed by atoms with van der Waals surface area (Å²) in [5.41, 5.74) is 4.73. The normalized spacial score (nSPS) is 13.1. The van der Waals surface area contributed by atoms with Crippen LogP contribution in [-0.4, -0.2) is 48.9 Å². The van der Waals surface area contributed by atoms with Gasteiger partial charge < -0.3 is 10.6 Å². The van der Waals surface area contributed by atoms with E-state index < -0.39 is 12.2 Å². The van der Waals surface area contributed by atoms with Crippen LogP contribution in [-0.2, 0) is 28.9 Å². The number of hydroxylamine groups is 2. The number of carbonyl (C=O) groups excluding carboxylic acids is 4. The first-order chi connectivity index (χ1) is 16.8. The van der Waals surface area contributed by atoms with E-state index in [4.69, 9.17) is 9.68 Å². The van der Waals surface area contributed by atoms with E-state index in [9.17, 15) is 19.2 Å². The molecule has 0 radical (unpaired) electrons. The van der Waals surface area contributed by atoms with Gasteiger partial charge >= 0.3 is 0 Å². The Bertz CT molecular complexity index is 611. The Morgan fingerprint density at radius 2 is 0.889 bits per heavy atom. The molecule has 0 heterocycles. The SMILES string of the molecule is CC(C)CNC(=O)[C@@H](CC(C)C)ONC(=O)CCCCC(=O)NO[C@H](CC(C)C)C(=O)NCC(C)C. The molecule has 10 heteroatoms. The van der Waals surface area contributed by atoms with E-state index in [0.717, 1.165) is 0 Å². The van der Waals surface area contributed by atoms with Crippen molar-refractivity contribution in [2.24, 2.45) is 23.7 Å². The fourth-order valence-corrected chi connectivity index (χ4v) is 3.06. The fraction of sp³-hybridized carbons (Fsp3) is 0.846. The van der Waals surface area contributed by atoms with Crippen molar-refractivity contribution in [1.82, 2.24) is 21.6 Å². The van der Waals surface area contributed by atoms with Gasteiger partial charge in [0.15, 0.2) is 12.2 Å². The molecule has 4 N–H and O–H groups in total. The van der Waals surface area contributed by atoms with Crippen molar-refractivity contribution < 1.29 is 28.9 Å². The van der Waals surface area contributed by atoms with Crippen LogP contribution >= 0.6 is 0 Å². The van der Waals surface area contributed by atoms with Crippen molar-refractivity contribution in [2.45, 2.75) is 106 Å². The topological polar surface area (TPSA) is 135 Å². The minimum Gasteiger partial charge on any atom is -0.354 e. The van der Waals surface area contributed by atoms with Crippen LogP contribution in [0.25, 0.3) is 0 Å². The van der Waals surface area contributed by atoms with Crippen LogP contribution in [0.4, 0.5) is 0 Å². The number of rotatable bonds is 19. The molecule has 0 aliphatic heterocycles. The van der Waals surface area contributed by atoms with E-state index in [1.807, 2.05) is 55.4 Å². The maximum Gasteiger partial charge on any atom is 0.251 e. The van der Waals surface area contributed by atoms with Gasteiger partial charge in [-0.25, -0.2) is 11.0 Å². The monoisotopic (exact) mass is 514 g/mol. The molecule has 0 saturated heterocycles. The summed E-state index contributed by atoms with van der Waals surface area (Å²) in [4.78, 5) is 59.7. The van der Waals surface area contributed by atoms with Gasteiger partial charge in [-0.15, -0.1) is 0 Å². The molecule has 0 aromatic rings. The maximum absolute atomic E-state index is 12.3. The first-order valence-electron chi connectivity index (χ1n) is 13.3. The second-order valence-electron chi connectivity index (χ2n) is 11.0. The highest BCUT2D eigenvalue weighted by Crippen LogP contribution is 2.10. The Hall–Kier alpha value is -2.20. The molecule has 0 unspecified atom stereocenters. The molecular formula is C26H50N4O6. The molecular weight excluding hydrogens is 464 g/mol. The third-order valence-corrected chi connectivity index (χ3v) is 5.01. The third kappa shape index (κ3) is 18.1. The van der Waals surface area contributed by atoms with Gasteiger partial charge in [0, 0.05) is 25.9 Å². The number of amides is 4. The van der Waals surface area contributed by atoms with E-state index in [2.05, 4.69) is 21.6 Å². The maximum atomic E-state index is 12.3. The summed E-state index contributed by atoms with van der Waals surface area (Å²) in [7, 11) is 0. The first kappa shape index (κ1) is 33.8. The van der Waals surface area contributed by atoms with E-state index in [1.165, 1.54) is 0 Å². The second kappa shape index (κ2) is 19.0. The van der Waals surface area contributed by atoms with Gasteiger partial charge in [-0.3, -0.25) is 28.9 Å². The minimum atomic E-state index is -0.757. The quantitative estimate of drug-likeness (QED) is 0.155. The zero-order chi connectivity index (χ0) is 27.7. The average molecular weight is 515 g/mol. The number of unbranched alkanes of at least 4 members (excludes halogenated alkanes) is 1. The van der Waals surface area contributed by atoms with Crippen LogP contribution in [0.2, 0.25) is 0 Å². The highest BCUT2D eigenvalue weighted by atomic mass is 16.7. The van der Waals surface area contributed by atoms with Gasteiger partial charge in [0.05, 0.1) is 0 Å². The van der Waals surface area contributed by atoms with Crippen molar-refractivity contribution >= 4 is 23.6 Å². The van der Waals surface area contributed by atoms with E-state index in [1.54, 1.807) is 0 Å². The Morgan fingerprint density at radius 1 is 0.556 bits per heavy atom. The summed E-state index contributed by atoms with van der Waals surface area (Å²) >= 11 is 0. The van der Waals surface area contributed by atoms with Crippen LogP contribution in [0.3, 0.4) is 0 Å². The van der Waals surface area contributed by atoms with Crippen molar-refractivity contribution in [1.29, 1.82) is 0 Å². The fourth-order valence-electron chi connectivity index (χ4n) is 3.06. The molecule has 0 bridgehead atoms. The summed E-state index contributed by atoms with van der Waals surface area (Å²) in [6.45, 7) is 17.0. The predicted molar refractivity (Wildman–Crippen MR) is 139 cm³/mol. The summed E-state index contributed by atoms with van der Waals surface area (Å²) < 4.78 is 0. The molecule has 4 amide bonds. The number of hydrogen-bond acceptors (Lipinski definition) is 6. The zero-order valence-corrected chi connectivity index (χ0v) is 23.6. The van der Waals surface area contributed by atoms with Crippen molar-refractivity contribution in [3.8, 4) is 0 Å². The summed E-state index contributed by atoms with van der Waals surface area (Å²) in [5.74, 6) is -0.126. The highest BCUT2D eigenvalue weighted by Gasteiger charge is 2.23. The summed E-state index contributed by atoms with van der Waals surface area (Å²) in [5, 5.41) is 5.66. The summed E-state index contributed by atoms with van der Waals surface area (Å²) in [6.07, 6.45) is 0.685. The molecule has 0 aliphatic rings. The smallest absolute Gasteiger partial charge is 0.251 e. The Kier molecular flexibility index (Phi) is 17.8. The lowest BCUT2D eigenvalue weighted by molar-refractivity contribution is -0.151. The van der Waals surface area contributed by atoms with E-state index in [-0.39, 0.29) is 48.3 Å². The van der Waals surface area contributed by atoms with Crippen LogP contribution in [0, 0.1) is 23.7 Å². The van der Waals surface area contributed by atoms with Crippen LogP contribution in [0.5, 0.6) is 0 Å². The van der Waals surface area contributed by atoms with E-state index >= 15 is 0 Å². The van der Waals surface area contributed by atoms with Crippen molar-refractivity contribution in [3.05, 3.63) is 0 Å². The molecule has 0 rings (SSSR count). The Balaban J connectivity index is 4.36. The van der Waals surface area contributed by atoms with Crippen molar-refractivity contribution in [3.63, 3.8) is 0 Å². The molecule has 0 aromatic carbocycles. The van der Waals surface area contributed by atoms with E-state index in [0.29, 0.717) is 50.6 Å². The lowest BCUT2D eigenvalue weighted by atomic mass is 10.1. The van der Waals surface area contributed by atoms with Gasteiger partial charge in [-0.2, -0.15) is 0 Å². The van der Waals surface area contributed by atoms with Gasteiger partial charge in [0.25, 0.3) is 11.8 Å². The largest absolute Gasteiger partial charge is 0.354 e. The molecule has 36 heavy (non-hydrogen) atoms. The number of hydrogen-bond donors (Lipinski definition) is 4. The lowest BCUT2D eigenvalue weighted by Gasteiger charge is -2.20. The molecule has 0 aromatic heterocycles. The average Bonchev–Trinajstić information content (AvgIpc) is 2.78. The van der Waals surface area contributed by atoms with Gasteiger partial charge in [-0.1, -0.05) is 55.4 Å².